The second kappa shape index (κ2) is 7.21. The Morgan fingerprint density at radius 1 is 1.36 bits per heavy atom. The molecule has 5 nitrogen and oxygen atoms in total. The zero-order valence-electron chi connectivity index (χ0n) is 13.1. The number of carbonyl (C=O) groups excluding carboxylic acids is 1. The van der Waals surface area contributed by atoms with Crippen LogP contribution in [0, 0.1) is 18.3 Å². The van der Waals surface area contributed by atoms with Gasteiger partial charge in [-0.3, -0.25) is 4.79 Å². The molecule has 2 N–H and O–H groups in total. The van der Waals surface area contributed by atoms with E-state index in [1.165, 1.54) is 24.4 Å². The van der Waals surface area contributed by atoms with Crippen molar-refractivity contribution in [3.05, 3.63) is 51.5 Å². The van der Waals surface area contributed by atoms with E-state index in [0.717, 1.165) is 0 Å². The normalized spacial score (nSPS) is 13.8. The molecule has 1 aromatic heterocycles. The number of nitriles is 1. The van der Waals surface area contributed by atoms with E-state index in [2.05, 4.69) is 10.3 Å². The molecule has 25 heavy (non-hydrogen) atoms. The summed E-state index contributed by atoms with van der Waals surface area (Å²) in [5.41, 5.74) is -1.95. The second-order valence-corrected chi connectivity index (χ2v) is 6.27. The van der Waals surface area contributed by atoms with Crippen molar-refractivity contribution in [2.75, 3.05) is 0 Å². The van der Waals surface area contributed by atoms with Gasteiger partial charge < -0.3 is 10.4 Å². The molecule has 2 rings (SSSR count). The van der Waals surface area contributed by atoms with Crippen LogP contribution in [0.4, 0.5) is 13.2 Å². The summed E-state index contributed by atoms with van der Waals surface area (Å²) in [4.78, 5) is 15.6. The molecule has 1 heterocycles. The van der Waals surface area contributed by atoms with Gasteiger partial charge in [0.1, 0.15) is 5.01 Å². The van der Waals surface area contributed by atoms with E-state index in [9.17, 15) is 23.1 Å². The van der Waals surface area contributed by atoms with E-state index in [1.54, 1.807) is 12.1 Å². The van der Waals surface area contributed by atoms with Gasteiger partial charge in [-0.25, -0.2) is 4.98 Å². The lowest BCUT2D eigenvalue weighted by Crippen LogP contribution is -2.46. The van der Waals surface area contributed by atoms with Crippen LogP contribution in [0.25, 0.3) is 0 Å². The predicted octanol–water partition coefficient (Wildman–Crippen LogP) is 2.78. The number of amides is 1. The highest BCUT2D eigenvalue weighted by molar-refractivity contribution is 7.09. The van der Waals surface area contributed by atoms with Gasteiger partial charge in [0.2, 0.25) is 11.5 Å². The van der Waals surface area contributed by atoms with Gasteiger partial charge in [-0.05, 0) is 24.6 Å². The fourth-order valence-electron chi connectivity index (χ4n) is 2.03. The molecule has 132 valence electrons. The number of hydrogen-bond acceptors (Lipinski definition) is 5. The number of thiazole rings is 1. The molecule has 0 aliphatic carbocycles. The Kier molecular flexibility index (Phi) is 5.45. The van der Waals surface area contributed by atoms with Gasteiger partial charge >= 0.3 is 6.18 Å². The van der Waals surface area contributed by atoms with Gasteiger partial charge in [0.05, 0.1) is 18.1 Å². The first-order valence-corrected chi connectivity index (χ1v) is 8.01. The summed E-state index contributed by atoms with van der Waals surface area (Å²) in [6.07, 6.45) is -6.22. The summed E-state index contributed by atoms with van der Waals surface area (Å²) in [6.45, 7) is 1.48. The Morgan fingerprint density at radius 3 is 2.48 bits per heavy atom. The molecule has 0 saturated heterocycles. The molecule has 9 heteroatoms. The average molecular weight is 369 g/mol. The smallest absolute Gasteiger partial charge is 0.374 e. The average Bonchev–Trinajstić information content (AvgIpc) is 2.99. The minimum Gasteiger partial charge on any atom is -0.374 e. The number of aryl methyl sites for hydroxylation is 1. The van der Waals surface area contributed by atoms with E-state index in [-0.39, 0.29) is 6.54 Å². The number of halogens is 3. The third-order valence-electron chi connectivity index (χ3n) is 3.43. The molecule has 0 bridgehead atoms. The van der Waals surface area contributed by atoms with Crippen molar-refractivity contribution in [3.8, 4) is 6.07 Å². The second-order valence-electron chi connectivity index (χ2n) is 5.41. The van der Waals surface area contributed by atoms with Crippen molar-refractivity contribution < 1.29 is 23.1 Å². The van der Waals surface area contributed by atoms with Gasteiger partial charge in [0.25, 0.3) is 0 Å². The largest absolute Gasteiger partial charge is 0.424 e. The highest BCUT2D eigenvalue weighted by Gasteiger charge is 2.58. The van der Waals surface area contributed by atoms with Crippen molar-refractivity contribution in [1.29, 1.82) is 5.26 Å². The van der Waals surface area contributed by atoms with E-state index < -0.39 is 29.1 Å². The van der Waals surface area contributed by atoms with E-state index in [4.69, 9.17) is 5.26 Å². The van der Waals surface area contributed by atoms with Crippen LogP contribution in [0.1, 0.15) is 28.2 Å². The topological polar surface area (TPSA) is 86.0 Å². The molecule has 1 atom stereocenters. The highest BCUT2D eigenvalue weighted by atomic mass is 32.1. The Morgan fingerprint density at radius 2 is 2.00 bits per heavy atom. The third kappa shape index (κ3) is 4.35. The standard InChI is InChI=1S/C16H14F3N3O2S/c1-10-9-25-14(22-10)15(24,16(17,18)19)6-13(23)21-8-12-4-2-11(7-20)3-5-12/h2-5,9,24H,6,8H2,1H3,(H,21,23)/t15-/m1/s1. The number of carbonyl (C=O) groups is 1. The minimum atomic E-state index is -5.04. The lowest BCUT2D eigenvalue weighted by Gasteiger charge is -2.27. The molecule has 0 radical (unpaired) electrons. The van der Waals surface area contributed by atoms with Crippen molar-refractivity contribution >= 4 is 17.2 Å². The van der Waals surface area contributed by atoms with Gasteiger partial charge in [-0.15, -0.1) is 11.3 Å². The Bertz CT molecular complexity index is 796. The summed E-state index contributed by atoms with van der Waals surface area (Å²) in [5.74, 6) is -0.961. The van der Waals surface area contributed by atoms with Crippen LogP contribution in [0.2, 0.25) is 0 Å². The van der Waals surface area contributed by atoms with Crippen molar-refractivity contribution in [3.63, 3.8) is 0 Å². The first-order chi connectivity index (χ1) is 11.7. The summed E-state index contributed by atoms with van der Waals surface area (Å²) < 4.78 is 39.9. The predicted molar refractivity (Wildman–Crippen MR) is 84.4 cm³/mol. The van der Waals surface area contributed by atoms with Crippen LogP contribution in [0.5, 0.6) is 0 Å². The van der Waals surface area contributed by atoms with Crippen molar-refractivity contribution in [2.45, 2.75) is 31.7 Å². The molecule has 1 amide bonds. The monoisotopic (exact) mass is 369 g/mol. The molecule has 0 aliphatic rings. The maximum absolute atomic E-state index is 13.3. The van der Waals surface area contributed by atoms with E-state index in [0.29, 0.717) is 28.2 Å². The number of nitrogens with one attached hydrogen (secondary N) is 1. The molecule has 0 spiro atoms. The van der Waals surface area contributed by atoms with Crippen LogP contribution >= 0.6 is 11.3 Å². The van der Waals surface area contributed by atoms with Crippen LogP contribution in [0.3, 0.4) is 0 Å². The Balaban J connectivity index is 2.08. The lowest BCUT2D eigenvalue weighted by molar-refractivity contribution is -0.267. The maximum atomic E-state index is 13.3. The number of hydrogen-bond donors (Lipinski definition) is 2. The van der Waals surface area contributed by atoms with Crippen molar-refractivity contribution in [2.24, 2.45) is 0 Å². The molecule has 0 fully saturated rings. The maximum Gasteiger partial charge on any atom is 0.424 e. The highest BCUT2D eigenvalue weighted by Crippen LogP contribution is 2.42. The fourth-order valence-corrected chi connectivity index (χ4v) is 2.95. The number of aliphatic hydroxyl groups is 1. The summed E-state index contributed by atoms with van der Waals surface area (Å²) >= 11 is 0.652. The van der Waals surface area contributed by atoms with Gasteiger partial charge in [0, 0.05) is 17.6 Å². The number of rotatable bonds is 5. The summed E-state index contributed by atoms with van der Waals surface area (Å²) in [6, 6.07) is 8.17. The zero-order valence-corrected chi connectivity index (χ0v) is 13.9. The fraction of sp³-hybridized carbons (Fsp3) is 0.312. The third-order valence-corrected chi connectivity index (χ3v) is 4.54. The van der Waals surface area contributed by atoms with Gasteiger partial charge in [0.15, 0.2) is 0 Å². The number of nitrogens with zero attached hydrogens (tertiary/aromatic N) is 2. The Hall–Kier alpha value is -2.44. The van der Waals surface area contributed by atoms with E-state index in [1.807, 2.05) is 6.07 Å². The summed E-state index contributed by atoms with van der Waals surface area (Å²) in [7, 11) is 0. The van der Waals surface area contributed by atoms with Crippen LogP contribution in [-0.4, -0.2) is 22.2 Å². The van der Waals surface area contributed by atoms with Crippen LogP contribution in [-0.2, 0) is 16.9 Å². The number of benzene rings is 1. The zero-order chi connectivity index (χ0) is 18.7. The minimum absolute atomic E-state index is 0.0185. The van der Waals surface area contributed by atoms with Gasteiger partial charge in [-0.1, -0.05) is 12.1 Å². The first-order valence-electron chi connectivity index (χ1n) is 7.13. The van der Waals surface area contributed by atoms with Crippen molar-refractivity contribution in [1.82, 2.24) is 10.3 Å². The summed E-state index contributed by atoms with van der Waals surface area (Å²) in [5, 5.41) is 21.9. The molecule has 0 saturated carbocycles. The molecule has 0 aliphatic heterocycles. The van der Waals surface area contributed by atoms with Gasteiger partial charge in [-0.2, -0.15) is 18.4 Å². The number of aromatic nitrogens is 1. The molecular weight excluding hydrogens is 355 g/mol. The van der Waals surface area contributed by atoms with Crippen LogP contribution in [0.15, 0.2) is 29.6 Å². The SMILES string of the molecule is Cc1csc([C@](O)(CC(=O)NCc2ccc(C#N)cc2)C(F)(F)F)n1. The molecule has 0 unspecified atom stereocenters. The van der Waals surface area contributed by atoms with E-state index >= 15 is 0 Å². The first kappa shape index (κ1) is 18.9. The quantitative estimate of drug-likeness (QED) is 0.849. The lowest BCUT2D eigenvalue weighted by atomic mass is 9.99. The molecular formula is C16H14F3N3O2S. The molecule has 2 aromatic rings. The molecule has 1 aromatic carbocycles. The van der Waals surface area contributed by atoms with Crippen LogP contribution < -0.4 is 5.32 Å². The number of alkyl halides is 3. The Labute approximate surface area is 145 Å².